The Kier molecular flexibility index (Phi) is 14.9. The minimum Gasteiger partial charge on any atom is -0.481 e. The summed E-state index contributed by atoms with van der Waals surface area (Å²) in [6.07, 6.45) is 6.86. The third-order valence-corrected chi connectivity index (χ3v) is 11.0. The first-order chi connectivity index (χ1) is 25.1. The maximum Gasteiger partial charge on any atom is 0.303 e. The highest BCUT2D eigenvalue weighted by Gasteiger charge is 2.53. The quantitative estimate of drug-likeness (QED) is 0.112. The largest absolute Gasteiger partial charge is 0.481 e. The number of carbonyl (C=O) groups is 5. The second-order valence-electron chi connectivity index (χ2n) is 15.6. The number of carboxylic acids is 1. The molecule has 14 heteroatoms. The summed E-state index contributed by atoms with van der Waals surface area (Å²) in [6.45, 7) is 7.52. The lowest BCUT2D eigenvalue weighted by atomic mass is 9.85. The van der Waals surface area contributed by atoms with Gasteiger partial charge in [0.1, 0.15) is 12.1 Å². The van der Waals surface area contributed by atoms with E-state index in [4.69, 9.17) is 5.11 Å². The summed E-state index contributed by atoms with van der Waals surface area (Å²) in [6, 6.07) is 4.62. The molecule has 2 fully saturated rings. The predicted octanol–water partition coefficient (Wildman–Crippen LogP) is 5.37. The number of likely N-dealkylation sites (tertiary alicyclic amines) is 1. The Labute approximate surface area is 315 Å². The van der Waals surface area contributed by atoms with Gasteiger partial charge in [-0.3, -0.25) is 24.0 Å². The van der Waals surface area contributed by atoms with E-state index in [1.807, 2.05) is 31.2 Å². The Balaban J connectivity index is 1.39. The zero-order valence-electron chi connectivity index (χ0n) is 31.4. The van der Waals surface area contributed by atoms with Crippen molar-refractivity contribution in [3.8, 4) is 10.4 Å². The fourth-order valence-electron chi connectivity index (χ4n) is 6.63. The van der Waals surface area contributed by atoms with Crippen LogP contribution in [0.1, 0.15) is 122 Å². The number of alkyl halides is 1. The van der Waals surface area contributed by atoms with Crippen molar-refractivity contribution in [3.63, 3.8) is 0 Å². The molecule has 1 aromatic heterocycles. The number of aromatic nitrogens is 1. The highest BCUT2D eigenvalue weighted by atomic mass is 32.1. The van der Waals surface area contributed by atoms with Crippen LogP contribution in [0.2, 0.25) is 0 Å². The first-order valence-electron chi connectivity index (χ1n) is 18.9. The lowest BCUT2D eigenvalue weighted by Gasteiger charge is -2.36. The average Bonchev–Trinajstić information content (AvgIpc) is 3.51. The van der Waals surface area contributed by atoms with Gasteiger partial charge in [0.05, 0.1) is 34.6 Å². The molecule has 0 spiro atoms. The van der Waals surface area contributed by atoms with Gasteiger partial charge in [0, 0.05) is 25.9 Å². The van der Waals surface area contributed by atoms with Gasteiger partial charge in [-0.2, -0.15) is 0 Å². The van der Waals surface area contributed by atoms with E-state index in [0.717, 1.165) is 61.1 Å². The molecule has 292 valence electrons. The highest BCUT2D eigenvalue weighted by molar-refractivity contribution is 7.13. The van der Waals surface area contributed by atoms with Crippen LogP contribution in [0.15, 0.2) is 29.8 Å². The number of nitrogens with zero attached hydrogens (tertiary/aromatic N) is 2. The second-order valence-corrected chi connectivity index (χ2v) is 16.5. The van der Waals surface area contributed by atoms with Gasteiger partial charge >= 0.3 is 5.97 Å². The number of carboxylic acid groups (broad SMARTS) is 1. The van der Waals surface area contributed by atoms with Crippen LogP contribution in [0, 0.1) is 12.3 Å². The molecule has 2 unspecified atom stereocenters. The monoisotopic (exact) mass is 757 g/mol. The number of amides is 4. The van der Waals surface area contributed by atoms with Crippen LogP contribution >= 0.6 is 11.3 Å². The fraction of sp³-hybridized carbons (Fsp3) is 0.641. The molecular formula is C39H56FN5O7S. The molecule has 4 atom stereocenters. The molecule has 4 rings (SSSR count). The van der Waals surface area contributed by atoms with E-state index in [2.05, 4.69) is 20.9 Å². The number of nitrogens with one attached hydrogen (secondary N) is 3. The summed E-state index contributed by atoms with van der Waals surface area (Å²) in [5.41, 5.74) is 1.52. The van der Waals surface area contributed by atoms with Gasteiger partial charge in [0.15, 0.2) is 5.67 Å². The Hall–Kier alpha value is -3.91. The van der Waals surface area contributed by atoms with Crippen LogP contribution in [0.25, 0.3) is 10.4 Å². The standard InChI is InChI=1S/C39H56FN5O7S/c1-25-33(53-24-42-25)27-16-14-26(15-17-27)29(22-31(47)41-20-12-10-8-6-5-7-9-11-13-32(48)49)43-35(50)30-21-28(46)23-45(30)36(51)34(38(2,3)4)44-37(52)39(40)18-19-39/h14-17,24,28-30,34,46H,5-13,18-23H2,1-4H3,(H,41,47)(H,43,50)(H,44,52)(H,48,49)/t28-,29?,30+,34?/m1/s1. The molecule has 0 bridgehead atoms. The first kappa shape index (κ1) is 41.8. The first-order valence-corrected chi connectivity index (χ1v) is 19.7. The lowest BCUT2D eigenvalue weighted by Crippen LogP contribution is -2.59. The van der Waals surface area contributed by atoms with Gasteiger partial charge in [-0.1, -0.05) is 83.6 Å². The number of unbranched alkanes of at least 4 members (excludes halogenated alkanes) is 7. The van der Waals surface area contributed by atoms with Crippen LogP contribution in [-0.2, 0) is 24.0 Å². The van der Waals surface area contributed by atoms with Crippen molar-refractivity contribution in [1.29, 1.82) is 0 Å². The minimum absolute atomic E-state index is 0.0275. The number of aliphatic carboxylic acids is 1. The molecular weight excluding hydrogens is 702 g/mol. The predicted molar refractivity (Wildman–Crippen MR) is 201 cm³/mol. The van der Waals surface area contributed by atoms with Gasteiger partial charge < -0.3 is 31.1 Å². The average molecular weight is 758 g/mol. The van der Waals surface area contributed by atoms with Gasteiger partial charge in [0.25, 0.3) is 5.91 Å². The zero-order valence-corrected chi connectivity index (χ0v) is 32.2. The summed E-state index contributed by atoms with van der Waals surface area (Å²) in [5.74, 6) is -2.97. The van der Waals surface area contributed by atoms with E-state index in [1.54, 1.807) is 26.3 Å². The molecule has 0 radical (unpaired) electrons. The number of hydrogen-bond donors (Lipinski definition) is 5. The van der Waals surface area contributed by atoms with E-state index >= 15 is 0 Å². The maximum atomic E-state index is 14.6. The highest BCUT2D eigenvalue weighted by Crippen LogP contribution is 2.40. The summed E-state index contributed by atoms with van der Waals surface area (Å²) >= 11 is 1.52. The number of aliphatic hydroxyl groups is 1. The molecule has 2 aromatic rings. The normalized spacial score (nSPS) is 18.9. The fourth-order valence-corrected chi connectivity index (χ4v) is 7.44. The van der Waals surface area contributed by atoms with Crippen molar-refractivity contribution >= 4 is 40.9 Å². The summed E-state index contributed by atoms with van der Waals surface area (Å²) in [7, 11) is 0. The van der Waals surface area contributed by atoms with Crippen molar-refractivity contribution in [2.45, 2.75) is 141 Å². The van der Waals surface area contributed by atoms with E-state index in [1.165, 1.54) is 16.2 Å². The Morgan fingerprint density at radius 2 is 1.60 bits per heavy atom. The van der Waals surface area contributed by atoms with Crippen molar-refractivity contribution in [2.75, 3.05) is 13.1 Å². The van der Waals surface area contributed by atoms with Crippen molar-refractivity contribution in [1.82, 2.24) is 25.8 Å². The SMILES string of the molecule is Cc1ncsc1-c1ccc(C(CC(=O)NCCCCCCCCCCC(=O)O)NC(=O)[C@@H]2C[C@@H](O)CN2C(=O)C(NC(=O)C2(F)CC2)C(C)(C)C)cc1. The molecule has 1 aliphatic heterocycles. The van der Waals surface area contributed by atoms with Gasteiger partial charge in [0.2, 0.25) is 17.7 Å². The summed E-state index contributed by atoms with van der Waals surface area (Å²) in [5, 5.41) is 27.9. The molecule has 1 aliphatic carbocycles. The van der Waals surface area contributed by atoms with Crippen LogP contribution in [-0.4, -0.2) is 86.6 Å². The Morgan fingerprint density at radius 3 is 2.17 bits per heavy atom. The van der Waals surface area contributed by atoms with Gasteiger partial charge in [-0.25, -0.2) is 9.37 Å². The van der Waals surface area contributed by atoms with E-state index in [9.17, 15) is 33.5 Å². The zero-order chi connectivity index (χ0) is 38.8. The van der Waals surface area contributed by atoms with E-state index < -0.39 is 59.0 Å². The summed E-state index contributed by atoms with van der Waals surface area (Å²) in [4.78, 5) is 71.1. The van der Waals surface area contributed by atoms with Gasteiger partial charge in [-0.15, -0.1) is 11.3 Å². The Bertz CT molecular complexity index is 1570. The van der Waals surface area contributed by atoms with Crippen molar-refractivity contribution < 1.29 is 38.6 Å². The molecule has 53 heavy (non-hydrogen) atoms. The number of rotatable bonds is 20. The number of aliphatic hydroxyl groups excluding tert-OH is 1. The smallest absolute Gasteiger partial charge is 0.303 e. The van der Waals surface area contributed by atoms with Crippen molar-refractivity contribution in [2.24, 2.45) is 5.41 Å². The molecule has 2 aliphatic rings. The number of halogens is 1. The van der Waals surface area contributed by atoms with Crippen LogP contribution in [0.5, 0.6) is 0 Å². The number of β-amino-alcohol motifs (C(OH)–C–C–N with tert-alkyl or cyclic N) is 1. The third-order valence-electron chi connectivity index (χ3n) is 10.0. The third kappa shape index (κ3) is 12.3. The van der Waals surface area contributed by atoms with Crippen LogP contribution in [0.4, 0.5) is 4.39 Å². The van der Waals surface area contributed by atoms with Crippen LogP contribution < -0.4 is 16.0 Å². The topological polar surface area (TPSA) is 178 Å². The van der Waals surface area contributed by atoms with Crippen molar-refractivity contribution in [3.05, 3.63) is 41.0 Å². The van der Waals surface area contributed by atoms with Gasteiger partial charge in [-0.05, 0) is 49.1 Å². The number of hydrogen-bond acceptors (Lipinski definition) is 8. The molecule has 1 aromatic carbocycles. The minimum atomic E-state index is -1.99. The number of aryl methyl sites for hydroxylation is 1. The molecule has 1 saturated carbocycles. The molecule has 2 heterocycles. The lowest BCUT2D eigenvalue weighted by molar-refractivity contribution is -0.145. The van der Waals surface area contributed by atoms with Crippen LogP contribution in [0.3, 0.4) is 0 Å². The molecule has 12 nitrogen and oxygen atoms in total. The number of benzene rings is 1. The van der Waals surface area contributed by atoms with E-state index in [0.29, 0.717) is 18.5 Å². The number of thiazole rings is 1. The molecule has 4 amide bonds. The molecule has 1 saturated heterocycles. The van der Waals surface area contributed by atoms with E-state index in [-0.39, 0.29) is 44.6 Å². The summed E-state index contributed by atoms with van der Waals surface area (Å²) < 4.78 is 14.6. The second kappa shape index (κ2) is 18.9. The maximum absolute atomic E-state index is 14.6. The number of carbonyl (C=O) groups excluding carboxylic acids is 4. The molecule has 5 N–H and O–H groups in total. The Morgan fingerprint density at radius 1 is 0.981 bits per heavy atom.